The monoisotopic (exact) mass is 427 g/mol. The fourth-order valence-electron chi connectivity index (χ4n) is 4.06. The molecule has 1 amide bonds. The van der Waals surface area contributed by atoms with Gasteiger partial charge in [-0.3, -0.25) is 0 Å². The molecule has 1 aliphatic rings. The molecular weight excluding hydrogens is 402 g/mol. The maximum atomic E-state index is 12.2. The summed E-state index contributed by atoms with van der Waals surface area (Å²) in [5.41, 5.74) is 6.99. The van der Waals surface area contributed by atoms with E-state index in [2.05, 4.69) is 29.6 Å². The van der Waals surface area contributed by atoms with Gasteiger partial charge in [-0.2, -0.15) is 0 Å². The second-order valence-corrected chi connectivity index (χ2v) is 7.67. The molecule has 1 N–H and O–H groups in total. The van der Waals surface area contributed by atoms with Gasteiger partial charge in [0, 0.05) is 12.5 Å². The number of aryl methyl sites for hydroxylation is 1. The van der Waals surface area contributed by atoms with Crippen LogP contribution in [0.15, 0.2) is 72.8 Å². The molecule has 0 unspecified atom stereocenters. The molecule has 5 nitrogen and oxygen atoms in total. The molecule has 3 aromatic carbocycles. The second kappa shape index (κ2) is 9.52. The van der Waals surface area contributed by atoms with Crippen LogP contribution in [0.1, 0.15) is 38.5 Å². The molecule has 0 atom stereocenters. The molecule has 32 heavy (non-hydrogen) atoms. The fraction of sp³-hybridized carbons (Fsp3) is 0.185. The van der Waals surface area contributed by atoms with Crippen molar-refractivity contribution in [2.24, 2.45) is 0 Å². The number of ether oxygens (including phenoxy) is 2. The molecule has 0 aliphatic heterocycles. The predicted octanol–water partition coefficient (Wildman–Crippen LogP) is 5.33. The number of esters is 1. The predicted molar refractivity (Wildman–Crippen MR) is 125 cm³/mol. The Kier molecular flexibility index (Phi) is 6.36. The van der Waals surface area contributed by atoms with Crippen LogP contribution in [0.3, 0.4) is 0 Å². The van der Waals surface area contributed by atoms with Crippen molar-refractivity contribution in [1.29, 1.82) is 0 Å². The molecular formula is C27H25NO4. The smallest absolute Gasteiger partial charge is 0.407 e. The largest absolute Gasteiger partial charge is 0.465 e. The van der Waals surface area contributed by atoms with Crippen molar-refractivity contribution in [2.75, 3.05) is 20.3 Å². The number of methoxy groups -OCH3 is 1. The van der Waals surface area contributed by atoms with Crippen molar-refractivity contribution in [2.45, 2.75) is 12.8 Å². The molecule has 1 aliphatic carbocycles. The third-order valence-corrected chi connectivity index (χ3v) is 5.69. The first-order chi connectivity index (χ1) is 15.6. The second-order valence-electron chi connectivity index (χ2n) is 7.67. The van der Waals surface area contributed by atoms with Crippen LogP contribution >= 0.6 is 0 Å². The van der Waals surface area contributed by atoms with E-state index in [-0.39, 0.29) is 18.5 Å². The van der Waals surface area contributed by atoms with Crippen molar-refractivity contribution in [3.63, 3.8) is 0 Å². The minimum Gasteiger partial charge on any atom is -0.465 e. The first-order valence-electron chi connectivity index (χ1n) is 10.5. The summed E-state index contributed by atoms with van der Waals surface area (Å²) >= 11 is 0. The lowest BCUT2D eigenvalue weighted by atomic mass is 9.98. The van der Waals surface area contributed by atoms with Gasteiger partial charge in [0.15, 0.2) is 0 Å². The highest BCUT2D eigenvalue weighted by Crippen LogP contribution is 2.44. The van der Waals surface area contributed by atoms with Crippen LogP contribution in [0.4, 0.5) is 4.79 Å². The highest BCUT2D eigenvalue weighted by molar-refractivity contribution is 5.91. The van der Waals surface area contributed by atoms with E-state index in [1.807, 2.05) is 55.5 Å². The number of fused-ring (bicyclic) bond motifs is 3. The van der Waals surface area contributed by atoms with Gasteiger partial charge in [0.2, 0.25) is 0 Å². The van der Waals surface area contributed by atoms with Crippen molar-refractivity contribution in [1.82, 2.24) is 5.32 Å². The molecule has 5 heteroatoms. The Labute approximate surface area is 187 Å². The van der Waals surface area contributed by atoms with E-state index in [0.29, 0.717) is 12.1 Å². The lowest BCUT2D eigenvalue weighted by Gasteiger charge is -2.14. The summed E-state index contributed by atoms with van der Waals surface area (Å²) in [4.78, 5) is 24.1. The van der Waals surface area contributed by atoms with E-state index < -0.39 is 6.09 Å². The van der Waals surface area contributed by atoms with Crippen molar-refractivity contribution in [3.8, 4) is 11.1 Å². The third kappa shape index (κ3) is 4.42. The van der Waals surface area contributed by atoms with E-state index in [1.165, 1.54) is 29.4 Å². The molecule has 0 saturated carbocycles. The van der Waals surface area contributed by atoms with Gasteiger partial charge in [-0.05, 0) is 46.4 Å². The van der Waals surface area contributed by atoms with Gasteiger partial charge in [-0.15, -0.1) is 0 Å². The molecule has 0 heterocycles. The van der Waals surface area contributed by atoms with Crippen LogP contribution in [0, 0.1) is 6.92 Å². The number of amides is 1. The molecule has 0 bridgehead atoms. The third-order valence-electron chi connectivity index (χ3n) is 5.69. The van der Waals surface area contributed by atoms with Crippen LogP contribution in [0.2, 0.25) is 0 Å². The first kappa shape index (κ1) is 21.4. The Morgan fingerprint density at radius 2 is 1.62 bits per heavy atom. The number of benzene rings is 3. The molecule has 0 fully saturated rings. The first-order valence-corrected chi connectivity index (χ1v) is 10.5. The SMILES string of the molecule is COC(=O)c1cc(C=CCNC(=O)OCC2c3ccccc3-c3ccccc32)ccc1C. The molecule has 4 rings (SSSR count). The zero-order valence-electron chi connectivity index (χ0n) is 18.1. The Bertz CT molecular complexity index is 1140. The van der Waals surface area contributed by atoms with Gasteiger partial charge in [-0.25, -0.2) is 9.59 Å². The zero-order chi connectivity index (χ0) is 22.5. The molecule has 0 spiro atoms. The van der Waals surface area contributed by atoms with E-state index in [0.717, 1.165) is 11.1 Å². The summed E-state index contributed by atoms with van der Waals surface area (Å²) in [6.45, 7) is 2.46. The Hall–Kier alpha value is -3.86. The molecule has 0 saturated heterocycles. The van der Waals surface area contributed by atoms with Crippen LogP contribution in [-0.4, -0.2) is 32.3 Å². The minimum absolute atomic E-state index is 0.0352. The Morgan fingerprint density at radius 3 is 2.28 bits per heavy atom. The number of hydrogen-bond acceptors (Lipinski definition) is 4. The molecule has 0 radical (unpaired) electrons. The van der Waals surface area contributed by atoms with E-state index in [4.69, 9.17) is 9.47 Å². The van der Waals surface area contributed by atoms with Crippen LogP contribution in [-0.2, 0) is 9.47 Å². The van der Waals surface area contributed by atoms with Crippen molar-refractivity contribution >= 4 is 18.1 Å². The number of rotatable bonds is 6. The summed E-state index contributed by atoms with van der Waals surface area (Å²) in [6, 6.07) is 22.0. The standard InChI is InChI=1S/C27H25NO4/c1-18-13-14-19(16-24(18)26(29)31-2)8-7-15-28-27(30)32-17-25-22-11-5-3-9-20(22)21-10-4-6-12-23(21)25/h3-14,16,25H,15,17H2,1-2H3,(H,28,30). The van der Waals surface area contributed by atoms with Crippen LogP contribution in [0.25, 0.3) is 17.2 Å². The maximum Gasteiger partial charge on any atom is 0.407 e. The normalized spacial score (nSPS) is 12.3. The highest BCUT2D eigenvalue weighted by atomic mass is 16.5. The van der Waals surface area contributed by atoms with Gasteiger partial charge in [0.1, 0.15) is 6.61 Å². The minimum atomic E-state index is -0.462. The Balaban J connectivity index is 1.32. The topological polar surface area (TPSA) is 64.6 Å². The van der Waals surface area contributed by atoms with E-state index >= 15 is 0 Å². The molecule has 3 aromatic rings. The average molecular weight is 428 g/mol. The molecule has 0 aromatic heterocycles. The van der Waals surface area contributed by atoms with Gasteiger partial charge in [0.05, 0.1) is 12.7 Å². The number of nitrogens with one attached hydrogen (secondary N) is 1. The summed E-state index contributed by atoms with van der Waals surface area (Å²) in [6.07, 6.45) is 3.19. The molecule has 162 valence electrons. The van der Waals surface area contributed by atoms with Crippen LogP contribution < -0.4 is 5.32 Å². The maximum absolute atomic E-state index is 12.2. The van der Waals surface area contributed by atoms with Crippen LogP contribution in [0.5, 0.6) is 0 Å². The van der Waals surface area contributed by atoms with Gasteiger partial charge >= 0.3 is 12.1 Å². The lowest BCUT2D eigenvalue weighted by molar-refractivity contribution is 0.0600. The number of carbonyl (C=O) groups is 2. The number of hydrogen-bond donors (Lipinski definition) is 1. The number of alkyl carbamates (subject to hydrolysis) is 1. The van der Waals surface area contributed by atoms with Crippen molar-refractivity contribution < 1.29 is 19.1 Å². The quantitative estimate of drug-likeness (QED) is 0.540. The number of carbonyl (C=O) groups excluding carboxylic acids is 2. The lowest BCUT2D eigenvalue weighted by Crippen LogP contribution is -2.26. The summed E-state index contributed by atoms with van der Waals surface area (Å²) < 4.78 is 10.3. The Morgan fingerprint density at radius 1 is 0.969 bits per heavy atom. The summed E-state index contributed by atoms with van der Waals surface area (Å²) in [7, 11) is 1.36. The van der Waals surface area contributed by atoms with E-state index in [9.17, 15) is 9.59 Å². The fourth-order valence-corrected chi connectivity index (χ4v) is 4.06. The zero-order valence-corrected chi connectivity index (χ0v) is 18.1. The van der Waals surface area contributed by atoms with E-state index in [1.54, 1.807) is 6.07 Å². The summed E-state index contributed by atoms with van der Waals surface area (Å²) in [5.74, 6) is -0.331. The average Bonchev–Trinajstić information content (AvgIpc) is 3.14. The van der Waals surface area contributed by atoms with Gasteiger partial charge in [-0.1, -0.05) is 72.8 Å². The van der Waals surface area contributed by atoms with Crippen molar-refractivity contribution in [3.05, 3.63) is 101 Å². The summed E-state index contributed by atoms with van der Waals surface area (Å²) in [5, 5.41) is 2.75. The highest BCUT2D eigenvalue weighted by Gasteiger charge is 2.28. The van der Waals surface area contributed by atoms with Gasteiger partial charge in [0.25, 0.3) is 0 Å². The van der Waals surface area contributed by atoms with Gasteiger partial charge < -0.3 is 14.8 Å².